The molecule has 1 heterocycles. The molecule has 108 valence electrons. The Morgan fingerprint density at radius 1 is 1.50 bits per heavy atom. The van der Waals surface area contributed by atoms with Crippen LogP contribution in [-0.2, 0) is 0 Å². The summed E-state index contributed by atoms with van der Waals surface area (Å²) in [4.78, 5) is 16.8. The highest BCUT2D eigenvalue weighted by Gasteiger charge is 2.26. The standard InChI is InChI=1S/C15H21N3O2/c1-11-8-12(4-5-13(11)10-17(2)3)14-6-7-16-9-15(14)18(19)20/h4,6-7,9,11,13H,5,8,10H2,1-3H3/t11-,13?/m0/s1. The predicted octanol–water partition coefficient (Wildman–Crippen LogP) is 2.98. The van der Waals surface area contributed by atoms with E-state index in [1.165, 1.54) is 6.20 Å². The molecular weight excluding hydrogens is 254 g/mol. The van der Waals surface area contributed by atoms with Crippen molar-refractivity contribution in [1.29, 1.82) is 0 Å². The Labute approximate surface area is 119 Å². The van der Waals surface area contributed by atoms with Crippen LogP contribution >= 0.6 is 0 Å². The second-order valence-corrected chi connectivity index (χ2v) is 5.82. The molecule has 0 amide bonds. The van der Waals surface area contributed by atoms with Crippen LogP contribution in [0.5, 0.6) is 0 Å². The first-order chi connectivity index (χ1) is 9.49. The van der Waals surface area contributed by atoms with E-state index < -0.39 is 0 Å². The summed E-state index contributed by atoms with van der Waals surface area (Å²) in [6, 6.07) is 1.75. The molecular formula is C15H21N3O2. The average molecular weight is 275 g/mol. The van der Waals surface area contributed by atoms with Crippen LogP contribution in [0.2, 0.25) is 0 Å². The molecule has 0 aliphatic heterocycles. The topological polar surface area (TPSA) is 59.3 Å². The number of hydrogen-bond acceptors (Lipinski definition) is 4. The first-order valence-corrected chi connectivity index (χ1v) is 6.91. The van der Waals surface area contributed by atoms with E-state index >= 15 is 0 Å². The molecule has 5 nitrogen and oxygen atoms in total. The van der Waals surface area contributed by atoms with Crippen molar-refractivity contribution in [3.63, 3.8) is 0 Å². The molecule has 1 aliphatic rings. The fraction of sp³-hybridized carbons (Fsp3) is 0.533. The first-order valence-electron chi connectivity index (χ1n) is 6.91. The van der Waals surface area contributed by atoms with E-state index in [-0.39, 0.29) is 10.6 Å². The monoisotopic (exact) mass is 275 g/mol. The molecule has 1 aromatic rings. The van der Waals surface area contributed by atoms with Gasteiger partial charge >= 0.3 is 0 Å². The smallest absolute Gasteiger partial charge is 0.294 e. The van der Waals surface area contributed by atoms with Crippen LogP contribution in [0.15, 0.2) is 24.5 Å². The lowest BCUT2D eigenvalue weighted by molar-refractivity contribution is -0.385. The molecule has 0 saturated heterocycles. The van der Waals surface area contributed by atoms with Crippen molar-refractivity contribution in [2.24, 2.45) is 11.8 Å². The van der Waals surface area contributed by atoms with Crippen LogP contribution in [0.25, 0.3) is 5.57 Å². The summed E-state index contributed by atoms with van der Waals surface area (Å²) in [7, 11) is 4.17. The Bertz CT molecular complexity index is 526. The minimum absolute atomic E-state index is 0.108. The normalized spacial score (nSPS) is 22.7. The van der Waals surface area contributed by atoms with Gasteiger partial charge in [-0.05, 0) is 50.4 Å². The molecule has 0 bridgehead atoms. The van der Waals surface area contributed by atoms with Crippen molar-refractivity contribution in [3.8, 4) is 0 Å². The Balaban J connectivity index is 2.23. The maximum atomic E-state index is 11.1. The maximum absolute atomic E-state index is 11.1. The highest BCUT2D eigenvalue weighted by Crippen LogP contribution is 2.37. The van der Waals surface area contributed by atoms with Gasteiger partial charge in [-0.1, -0.05) is 13.0 Å². The Morgan fingerprint density at radius 2 is 2.25 bits per heavy atom. The van der Waals surface area contributed by atoms with Crippen LogP contribution in [0.1, 0.15) is 25.3 Å². The molecule has 20 heavy (non-hydrogen) atoms. The third-order valence-corrected chi connectivity index (χ3v) is 3.96. The second kappa shape index (κ2) is 6.13. The number of allylic oxidation sites excluding steroid dienone is 2. The summed E-state index contributed by atoms with van der Waals surface area (Å²) in [6.07, 6.45) is 7.00. The molecule has 0 aromatic carbocycles. The summed E-state index contributed by atoms with van der Waals surface area (Å²) >= 11 is 0. The zero-order chi connectivity index (χ0) is 14.7. The molecule has 1 unspecified atom stereocenters. The van der Waals surface area contributed by atoms with E-state index in [1.807, 2.05) is 0 Å². The van der Waals surface area contributed by atoms with Crippen molar-refractivity contribution < 1.29 is 4.92 Å². The average Bonchev–Trinajstić information content (AvgIpc) is 2.40. The largest absolute Gasteiger partial charge is 0.309 e. The van der Waals surface area contributed by atoms with E-state index in [2.05, 4.69) is 37.0 Å². The predicted molar refractivity (Wildman–Crippen MR) is 79.3 cm³/mol. The second-order valence-electron chi connectivity index (χ2n) is 5.82. The van der Waals surface area contributed by atoms with Gasteiger partial charge < -0.3 is 4.90 Å². The van der Waals surface area contributed by atoms with E-state index in [1.54, 1.807) is 12.3 Å². The molecule has 2 atom stereocenters. The summed E-state index contributed by atoms with van der Waals surface area (Å²) < 4.78 is 0. The molecule has 0 saturated carbocycles. The Hall–Kier alpha value is -1.75. The van der Waals surface area contributed by atoms with Crippen LogP contribution in [-0.4, -0.2) is 35.4 Å². The Kier molecular flexibility index (Phi) is 4.49. The van der Waals surface area contributed by atoms with Gasteiger partial charge in [0.2, 0.25) is 0 Å². The fourth-order valence-electron chi connectivity index (χ4n) is 2.87. The minimum atomic E-state index is -0.347. The molecule has 0 N–H and O–H groups in total. The lowest BCUT2D eigenvalue weighted by Crippen LogP contribution is -2.28. The molecule has 2 rings (SSSR count). The van der Waals surface area contributed by atoms with Crippen LogP contribution < -0.4 is 0 Å². The maximum Gasteiger partial charge on any atom is 0.294 e. The summed E-state index contributed by atoms with van der Waals surface area (Å²) in [5.74, 6) is 1.15. The van der Waals surface area contributed by atoms with Gasteiger partial charge in [0, 0.05) is 12.7 Å². The van der Waals surface area contributed by atoms with Crippen molar-refractivity contribution >= 4 is 11.3 Å². The number of nitrogens with zero attached hydrogens (tertiary/aromatic N) is 3. The quantitative estimate of drug-likeness (QED) is 0.626. The van der Waals surface area contributed by atoms with Crippen molar-refractivity contribution in [1.82, 2.24) is 9.88 Å². The third-order valence-electron chi connectivity index (χ3n) is 3.96. The van der Waals surface area contributed by atoms with Gasteiger partial charge in [0.1, 0.15) is 6.20 Å². The van der Waals surface area contributed by atoms with Gasteiger partial charge in [-0.25, -0.2) is 0 Å². The SMILES string of the molecule is C[C@H]1CC(c2ccncc2[N+](=O)[O-])=CCC1CN(C)C. The lowest BCUT2D eigenvalue weighted by atomic mass is 9.78. The van der Waals surface area contributed by atoms with E-state index in [9.17, 15) is 10.1 Å². The lowest BCUT2D eigenvalue weighted by Gasteiger charge is -2.30. The van der Waals surface area contributed by atoms with Crippen molar-refractivity contribution in [2.45, 2.75) is 19.8 Å². The minimum Gasteiger partial charge on any atom is -0.309 e. The highest BCUT2D eigenvalue weighted by molar-refractivity contribution is 5.72. The molecule has 1 aromatic heterocycles. The third kappa shape index (κ3) is 3.22. The van der Waals surface area contributed by atoms with Gasteiger partial charge in [0.25, 0.3) is 5.69 Å². The van der Waals surface area contributed by atoms with Gasteiger partial charge in [-0.15, -0.1) is 0 Å². The van der Waals surface area contributed by atoms with Crippen LogP contribution in [0.3, 0.4) is 0 Å². The van der Waals surface area contributed by atoms with Crippen molar-refractivity contribution in [3.05, 3.63) is 40.2 Å². The number of aromatic nitrogens is 1. The molecule has 5 heteroatoms. The van der Waals surface area contributed by atoms with Crippen molar-refractivity contribution in [2.75, 3.05) is 20.6 Å². The summed E-state index contributed by atoms with van der Waals surface area (Å²) in [5.41, 5.74) is 1.92. The molecule has 0 fully saturated rings. The molecule has 1 aliphatic carbocycles. The number of hydrogen-bond donors (Lipinski definition) is 0. The molecule has 0 spiro atoms. The van der Waals surface area contributed by atoms with E-state index in [0.29, 0.717) is 11.8 Å². The number of pyridine rings is 1. The highest BCUT2D eigenvalue weighted by atomic mass is 16.6. The molecule has 0 radical (unpaired) electrons. The summed E-state index contributed by atoms with van der Waals surface area (Å²) in [5, 5.41) is 11.1. The van der Waals surface area contributed by atoms with Crippen LogP contribution in [0.4, 0.5) is 5.69 Å². The fourth-order valence-corrected chi connectivity index (χ4v) is 2.87. The number of rotatable bonds is 4. The zero-order valence-corrected chi connectivity index (χ0v) is 12.2. The van der Waals surface area contributed by atoms with E-state index in [0.717, 1.165) is 30.5 Å². The summed E-state index contributed by atoms with van der Waals surface area (Å²) in [6.45, 7) is 3.29. The van der Waals surface area contributed by atoms with Gasteiger partial charge in [-0.3, -0.25) is 15.1 Å². The zero-order valence-electron chi connectivity index (χ0n) is 12.2. The van der Waals surface area contributed by atoms with Crippen LogP contribution in [0, 0.1) is 22.0 Å². The van der Waals surface area contributed by atoms with Gasteiger partial charge in [0.15, 0.2) is 0 Å². The van der Waals surface area contributed by atoms with E-state index in [4.69, 9.17) is 0 Å². The van der Waals surface area contributed by atoms with Gasteiger partial charge in [0.05, 0.1) is 10.5 Å². The van der Waals surface area contributed by atoms with Gasteiger partial charge in [-0.2, -0.15) is 0 Å². The Morgan fingerprint density at radius 3 is 2.85 bits per heavy atom. The first kappa shape index (κ1) is 14.7. The number of nitro groups is 1.